The standard InChI is InChI=1S/C53H48N2/c1-35-29-37(3)51-45-31-36(2)50(34-48(45)52(4,5)49(51)30-35)55(42-19-13-8-14-20-42)44-24-22-39-26-28-53(47(39)33-44)27-25-38-21-23-43(32-46(38)53)54(40-15-9-6-10-16-40)41-17-11-7-12-18-41/h6-24,29-34H,25-28H2,1-5H3/t53-/m1/s1. The third-order valence-corrected chi connectivity index (χ3v) is 13.1. The minimum absolute atomic E-state index is 0.00983. The number of aryl methyl sites for hydroxylation is 5. The van der Waals surface area contributed by atoms with Gasteiger partial charge in [-0.05, 0) is 175 Å². The van der Waals surface area contributed by atoms with Crippen LogP contribution in [0.4, 0.5) is 34.1 Å². The summed E-state index contributed by atoms with van der Waals surface area (Å²) in [4.78, 5) is 4.94. The van der Waals surface area contributed by atoms with Gasteiger partial charge in [0.15, 0.2) is 0 Å². The van der Waals surface area contributed by atoms with Crippen molar-refractivity contribution in [3.63, 3.8) is 0 Å². The molecule has 0 bridgehead atoms. The quantitative estimate of drug-likeness (QED) is 0.169. The molecule has 0 saturated carbocycles. The summed E-state index contributed by atoms with van der Waals surface area (Å²) in [5.74, 6) is 0. The van der Waals surface area contributed by atoms with Gasteiger partial charge in [0, 0.05) is 45.0 Å². The molecule has 0 fully saturated rings. The van der Waals surface area contributed by atoms with Crippen molar-refractivity contribution in [2.24, 2.45) is 0 Å². The van der Waals surface area contributed by atoms with E-state index >= 15 is 0 Å². The van der Waals surface area contributed by atoms with Gasteiger partial charge < -0.3 is 9.80 Å². The Kier molecular flexibility index (Phi) is 7.72. The molecule has 0 radical (unpaired) electrons. The van der Waals surface area contributed by atoms with Crippen molar-refractivity contribution >= 4 is 34.1 Å². The fourth-order valence-electron chi connectivity index (χ4n) is 10.5. The molecule has 0 heterocycles. The summed E-state index contributed by atoms with van der Waals surface area (Å²) in [5.41, 5.74) is 22.8. The average Bonchev–Trinajstić information content (AvgIpc) is 3.83. The van der Waals surface area contributed by atoms with Gasteiger partial charge in [-0.3, -0.25) is 0 Å². The van der Waals surface area contributed by atoms with E-state index in [0.717, 1.165) is 25.7 Å². The van der Waals surface area contributed by atoms with E-state index in [4.69, 9.17) is 0 Å². The summed E-state index contributed by atoms with van der Waals surface area (Å²) < 4.78 is 0. The van der Waals surface area contributed by atoms with Crippen LogP contribution in [-0.4, -0.2) is 0 Å². The van der Waals surface area contributed by atoms with E-state index in [2.05, 4.69) is 196 Å². The second-order valence-electron chi connectivity index (χ2n) is 16.8. The molecule has 55 heavy (non-hydrogen) atoms. The summed E-state index contributed by atoms with van der Waals surface area (Å²) in [6.07, 6.45) is 4.51. The number of rotatable bonds is 6. The molecular formula is C53H48N2. The van der Waals surface area contributed by atoms with Crippen LogP contribution in [0, 0.1) is 20.8 Å². The molecule has 3 aliphatic rings. The predicted octanol–water partition coefficient (Wildman–Crippen LogP) is 14.0. The molecule has 3 aliphatic carbocycles. The molecule has 2 heteroatoms. The summed E-state index contributed by atoms with van der Waals surface area (Å²) in [5, 5.41) is 0. The van der Waals surface area contributed by atoms with Crippen LogP contribution in [0.15, 0.2) is 152 Å². The van der Waals surface area contributed by atoms with Crippen molar-refractivity contribution in [3.8, 4) is 11.1 Å². The molecule has 0 amide bonds. The number of hydrogen-bond donors (Lipinski definition) is 0. The third kappa shape index (κ3) is 5.22. The van der Waals surface area contributed by atoms with Crippen molar-refractivity contribution in [2.45, 2.75) is 71.1 Å². The van der Waals surface area contributed by atoms with Crippen LogP contribution in [0.2, 0.25) is 0 Å². The van der Waals surface area contributed by atoms with Crippen molar-refractivity contribution in [3.05, 3.63) is 202 Å². The molecule has 0 unspecified atom stereocenters. The summed E-state index contributed by atoms with van der Waals surface area (Å²) in [6, 6.07) is 57.0. The first kappa shape index (κ1) is 33.7. The van der Waals surface area contributed by atoms with Gasteiger partial charge in [0.1, 0.15) is 0 Å². The van der Waals surface area contributed by atoms with Gasteiger partial charge >= 0.3 is 0 Å². The van der Waals surface area contributed by atoms with E-state index in [1.54, 1.807) is 0 Å². The van der Waals surface area contributed by atoms with Crippen LogP contribution < -0.4 is 9.80 Å². The van der Waals surface area contributed by atoms with Gasteiger partial charge in [-0.15, -0.1) is 0 Å². The number of hydrogen-bond acceptors (Lipinski definition) is 2. The molecule has 10 rings (SSSR count). The van der Waals surface area contributed by atoms with E-state index in [1.165, 1.54) is 95.3 Å². The maximum atomic E-state index is 2.56. The van der Waals surface area contributed by atoms with E-state index in [9.17, 15) is 0 Å². The molecule has 1 atom stereocenters. The van der Waals surface area contributed by atoms with Crippen molar-refractivity contribution in [1.82, 2.24) is 0 Å². The molecular weight excluding hydrogens is 665 g/mol. The Balaban J connectivity index is 1.11. The first-order valence-electron chi connectivity index (χ1n) is 20.0. The lowest BCUT2D eigenvalue weighted by Gasteiger charge is -2.32. The zero-order chi connectivity index (χ0) is 37.5. The summed E-state index contributed by atoms with van der Waals surface area (Å²) >= 11 is 0. The number of fused-ring (bicyclic) bond motifs is 7. The molecule has 2 nitrogen and oxygen atoms in total. The molecule has 0 aliphatic heterocycles. The minimum Gasteiger partial charge on any atom is -0.310 e. The van der Waals surface area contributed by atoms with Gasteiger partial charge in [-0.1, -0.05) is 98.3 Å². The number of benzene rings is 7. The second-order valence-corrected chi connectivity index (χ2v) is 16.8. The fraction of sp³-hybridized carbons (Fsp3) is 0.208. The number of anilines is 6. The van der Waals surface area contributed by atoms with E-state index in [1.807, 2.05) is 0 Å². The largest absolute Gasteiger partial charge is 0.310 e. The normalized spacial score (nSPS) is 17.1. The molecule has 270 valence electrons. The van der Waals surface area contributed by atoms with E-state index in [0.29, 0.717) is 0 Å². The highest BCUT2D eigenvalue weighted by atomic mass is 15.1. The predicted molar refractivity (Wildman–Crippen MR) is 231 cm³/mol. The summed E-state index contributed by atoms with van der Waals surface area (Å²) in [7, 11) is 0. The lowest BCUT2D eigenvalue weighted by molar-refractivity contribution is 0.507. The highest BCUT2D eigenvalue weighted by Crippen LogP contribution is 2.56. The van der Waals surface area contributed by atoms with Crippen LogP contribution in [-0.2, 0) is 23.7 Å². The smallest absolute Gasteiger partial charge is 0.0494 e. The van der Waals surface area contributed by atoms with Crippen LogP contribution in [0.3, 0.4) is 0 Å². The van der Waals surface area contributed by atoms with Gasteiger partial charge in [-0.25, -0.2) is 0 Å². The third-order valence-electron chi connectivity index (χ3n) is 13.1. The number of nitrogens with zero attached hydrogens (tertiary/aromatic N) is 2. The Morgan fingerprint density at radius 3 is 1.49 bits per heavy atom. The maximum absolute atomic E-state index is 2.56. The Hall–Kier alpha value is -5.86. The van der Waals surface area contributed by atoms with Gasteiger partial charge in [0.2, 0.25) is 0 Å². The van der Waals surface area contributed by atoms with E-state index in [-0.39, 0.29) is 10.8 Å². The monoisotopic (exact) mass is 712 g/mol. The Morgan fingerprint density at radius 2 is 0.945 bits per heavy atom. The fourth-order valence-corrected chi connectivity index (χ4v) is 10.5. The highest BCUT2D eigenvalue weighted by Gasteiger charge is 2.45. The Morgan fingerprint density at radius 1 is 0.436 bits per heavy atom. The first-order chi connectivity index (χ1) is 26.7. The average molecular weight is 713 g/mol. The topological polar surface area (TPSA) is 6.48 Å². The number of para-hydroxylation sites is 3. The van der Waals surface area contributed by atoms with Crippen LogP contribution in [0.5, 0.6) is 0 Å². The molecule has 1 spiro atoms. The first-order valence-corrected chi connectivity index (χ1v) is 20.0. The van der Waals surface area contributed by atoms with Gasteiger partial charge in [-0.2, -0.15) is 0 Å². The molecule has 0 aromatic heterocycles. The van der Waals surface area contributed by atoms with Gasteiger partial charge in [0.25, 0.3) is 0 Å². The van der Waals surface area contributed by atoms with Crippen LogP contribution in [0.1, 0.15) is 76.8 Å². The molecule has 0 N–H and O–H groups in total. The van der Waals surface area contributed by atoms with E-state index < -0.39 is 0 Å². The van der Waals surface area contributed by atoms with Crippen LogP contribution in [0.25, 0.3) is 11.1 Å². The molecule has 0 saturated heterocycles. The zero-order valence-corrected chi connectivity index (χ0v) is 32.7. The lowest BCUT2D eigenvalue weighted by Crippen LogP contribution is -2.22. The highest BCUT2D eigenvalue weighted by molar-refractivity contribution is 5.89. The molecule has 7 aromatic carbocycles. The maximum Gasteiger partial charge on any atom is 0.0494 e. The zero-order valence-electron chi connectivity index (χ0n) is 32.7. The Bertz CT molecular complexity index is 2560. The van der Waals surface area contributed by atoms with Crippen molar-refractivity contribution < 1.29 is 0 Å². The second kappa shape index (κ2) is 12.6. The van der Waals surface area contributed by atoms with Gasteiger partial charge in [0.05, 0.1) is 0 Å². The molecule has 7 aromatic rings. The van der Waals surface area contributed by atoms with Crippen LogP contribution >= 0.6 is 0 Å². The Labute approximate surface area is 326 Å². The summed E-state index contributed by atoms with van der Waals surface area (Å²) in [6.45, 7) is 11.6. The minimum atomic E-state index is -0.0904. The SMILES string of the molecule is Cc1cc(C)c2c(c1)C(C)(C)c1cc(N(c3ccccc3)c3ccc4c(c3)[C@]3(CCc5ccc(N(c6ccccc6)c6ccccc6)cc53)CC4)c(C)cc1-2. The van der Waals surface area contributed by atoms with Crippen molar-refractivity contribution in [1.29, 1.82) is 0 Å². The van der Waals surface area contributed by atoms with Crippen molar-refractivity contribution in [2.75, 3.05) is 9.80 Å². The lowest BCUT2D eigenvalue weighted by atomic mass is 9.76.